The molecule has 0 saturated heterocycles. The van der Waals surface area contributed by atoms with Gasteiger partial charge in [-0.1, -0.05) is 15.9 Å². The Balaban J connectivity index is 2.99. The maximum absolute atomic E-state index is 12.1. The summed E-state index contributed by atoms with van der Waals surface area (Å²) in [6.07, 6.45) is 0. The molecule has 3 N–H and O–H groups in total. The van der Waals surface area contributed by atoms with Gasteiger partial charge in [0.2, 0.25) is 0 Å². The first-order valence-corrected chi connectivity index (χ1v) is 5.05. The highest BCUT2D eigenvalue weighted by molar-refractivity contribution is 9.10. The van der Waals surface area contributed by atoms with Crippen molar-refractivity contribution in [3.8, 4) is 0 Å². The van der Waals surface area contributed by atoms with E-state index in [-0.39, 0.29) is 22.3 Å². The summed E-state index contributed by atoms with van der Waals surface area (Å²) in [7, 11) is 0. The lowest BCUT2D eigenvalue weighted by Gasteiger charge is -2.10. The Kier molecular flexibility index (Phi) is 3.68. The van der Waals surface area contributed by atoms with Crippen LogP contribution in [0.25, 0.3) is 0 Å². The molecule has 0 fully saturated rings. The van der Waals surface area contributed by atoms with Crippen LogP contribution in [0.3, 0.4) is 0 Å². The standard InChI is InChI=1S/C7H6BrF3N2S/c8-4-1-2-5(13-12)6(3-4)14-7(9,10)11/h1-3,13H,12H2. The fourth-order valence-corrected chi connectivity index (χ4v) is 2.01. The summed E-state index contributed by atoms with van der Waals surface area (Å²) < 4.78 is 36.8. The van der Waals surface area contributed by atoms with Crippen molar-refractivity contribution in [2.75, 3.05) is 5.43 Å². The van der Waals surface area contributed by atoms with Crippen LogP contribution in [0, 0.1) is 0 Å². The number of hydrazine groups is 1. The summed E-state index contributed by atoms with van der Waals surface area (Å²) in [6, 6.07) is 4.43. The number of benzene rings is 1. The highest BCUT2D eigenvalue weighted by atomic mass is 79.9. The molecule has 1 rings (SSSR count). The van der Waals surface area contributed by atoms with Gasteiger partial charge < -0.3 is 5.43 Å². The molecule has 0 saturated carbocycles. The summed E-state index contributed by atoms with van der Waals surface area (Å²) in [5.74, 6) is 5.07. The van der Waals surface area contributed by atoms with E-state index in [4.69, 9.17) is 5.84 Å². The van der Waals surface area contributed by atoms with Gasteiger partial charge in [-0.25, -0.2) is 0 Å². The third kappa shape index (κ3) is 3.39. The third-order valence-electron chi connectivity index (χ3n) is 1.32. The van der Waals surface area contributed by atoms with Crippen molar-refractivity contribution in [3.63, 3.8) is 0 Å². The molecule has 78 valence electrons. The van der Waals surface area contributed by atoms with Gasteiger partial charge in [0.1, 0.15) is 0 Å². The Labute approximate surface area is 91.1 Å². The van der Waals surface area contributed by atoms with Crippen molar-refractivity contribution in [3.05, 3.63) is 22.7 Å². The van der Waals surface area contributed by atoms with Crippen LogP contribution >= 0.6 is 27.7 Å². The van der Waals surface area contributed by atoms with E-state index in [2.05, 4.69) is 21.4 Å². The lowest BCUT2D eigenvalue weighted by Crippen LogP contribution is -2.09. The van der Waals surface area contributed by atoms with Crippen LogP contribution in [0.5, 0.6) is 0 Å². The molecular formula is C7H6BrF3N2S. The van der Waals surface area contributed by atoms with Gasteiger partial charge in [0, 0.05) is 9.37 Å². The first kappa shape index (κ1) is 11.7. The second-order valence-electron chi connectivity index (χ2n) is 2.33. The normalized spacial score (nSPS) is 11.5. The van der Waals surface area contributed by atoms with Gasteiger partial charge >= 0.3 is 5.51 Å². The summed E-state index contributed by atoms with van der Waals surface area (Å²) in [6.45, 7) is 0. The topological polar surface area (TPSA) is 38.0 Å². The van der Waals surface area contributed by atoms with E-state index < -0.39 is 5.51 Å². The molecule has 1 aromatic rings. The van der Waals surface area contributed by atoms with E-state index in [0.29, 0.717) is 4.47 Å². The number of thioether (sulfide) groups is 1. The molecule has 7 heteroatoms. The summed E-state index contributed by atoms with van der Waals surface area (Å²) in [5, 5.41) is 0. The van der Waals surface area contributed by atoms with Crippen molar-refractivity contribution < 1.29 is 13.2 Å². The smallest absolute Gasteiger partial charge is 0.323 e. The molecule has 0 aliphatic carbocycles. The minimum atomic E-state index is -4.31. The molecule has 2 nitrogen and oxygen atoms in total. The van der Waals surface area contributed by atoms with Gasteiger partial charge in [0.15, 0.2) is 0 Å². The molecule has 0 aromatic heterocycles. The average Bonchev–Trinajstić information content (AvgIpc) is 2.01. The van der Waals surface area contributed by atoms with Crippen LogP contribution < -0.4 is 11.3 Å². The number of halogens is 4. The Bertz CT molecular complexity index is 329. The second-order valence-corrected chi connectivity index (χ2v) is 4.36. The van der Waals surface area contributed by atoms with E-state index in [1.165, 1.54) is 12.1 Å². The number of nitrogens with two attached hydrogens (primary N) is 1. The van der Waals surface area contributed by atoms with Crippen LogP contribution in [0.4, 0.5) is 18.9 Å². The Morgan fingerprint density at radius 2 is 2.00 bits per heavy atom. The quantitative estimate of drug-likeness (QED) is 0.497. The second kappa shape index (κ2) is 4.41. The number of anilines is 1. The van der Waals surface area contributed by atoms with Crippen LogP contribution in [0.1, 0.15) is 0 Å². The molecule has 0 amide bonds. The van der Waals surface area contributed by atoms with Crippen molar-refractivity contribution in [1.29, 1.82) is 0 Å². The maximum Gasteiger partial charge on any atom is 0.446 e. The molecule has 0 heterocycles. The fourth-order valence-electron chi connectivity index (χ4n) is 0.825. The highest BCUT2D eigenvalue weighted by Gasteiger charge is 2.30. The first-order valence-electron chi connectivity index (χ1n) is 3.44. The lowest BCUT2D eigenvalue weighted by atomic mass is 10.3. The number of nitrogen functional groups attached to an aromatic ring is 1. The zero-order valence-electron chi connectivity index (χ0n) is 6.73. The first-order chi connectivity index (χ1) is 6.42. The minimum absolute atomic E-state index is 0.0365. The zero-order chi connectivity index (χ0) is 10.8. The molecule has 0 radical (unpaired) electrons. The molecule has 0 bridgehead atoms. The van der Waals surface area contributed by atoms with Gasteiger partial charge in [-0.05, 0) is 30.0 Å². The SMILES string of the molecule is NNc1ccc(Br)cc1SC(F)(F)F. The number of hydrogen-bond donors (Lipinski definition) is 2. The van der Waals surface area contributed by atoms with Crippen LogP contribution in [0.2, 0.25) is 0 Å². The monoisotopic (exact) mass is 286 g/mol. The average molecular weight is 287 g/mol. The van der Waals surface area contributed by atoms with E-state index in [1.807, 2.05) is 0 Å². The van der Waals surface area contributed by atoms with Crippen LogP contribution in [-0.2, 0) is 0 Å². The Hall–Kier alpha value is -0.400. The van der Waals surface area contributed by atoms with Crippen LogP contribution in [0.15, 0.2) is 27.6 Å². The van der Waals surface area contributed by atoms with Crippen LogP contribution in [-0.4, -0.2) is 5.51 Å². The van der Waals surface area contributed by atoms with Crippen molar-refractivity contribution >= 4 is 33.4 Å². The highest BCUT2D eigenvalue weighted by Crippen LogP contribution is 2.41. The van der Waals surface area contributed by atoms with Gasteiger partial charge in [0.05, 0.1) is 5.69 Å². The molecule has 0 spiro atoms. The number of hydrogen-bond acceptors (Lipinski definition) is 3. The van der Waals surface area contributed by atoms with Gasteiger partial charge in [-0.15, -0.1) is 0 Å². The molecule has 0 aliphatic rings. The lowest BCUT2D eigenvalue weighted by molar-refractivity contribution is -0.0327. The molecule has 0 aliphatic heterocycles. The molecule has 14 heavy (non-hydrogen) atoms. The van der Waals surface area contributed by atoms with Crippen molar-refractivity contribution in [1.82, 2.24) is 0 Å². The number of rotatable bonds is 2. The van der Waals surface area contributed by atoms with Crippen molar-refractivity contribution in [2.24, 2.45) is 5.84 Å². The summed E-state index contributed by atoms with van der Waals surface area (Å²) in [5.41, 5.74) is -1.86. The molecule has 0 unspecified atom stereocenters. The number of nitrogens with one attached hydrogen (secondary N) is 1. The fraction of sp³-hybridized carbons (Fsp3) is 0.143. The Morgan fingerprint density at radius 3 is 2.50 bits per heavy atom. The van der Waals surface area contributed by atoms with E-state index in [0.717, 1.165) is 0 Å². The Morgan fingerprint density at radius 1 is 1.36 bits per heavy atom. The maximum atomic E-state index is 12.1. The predicted molar refractivity (Wildman–Crippen MR) is 53.9 cm³/mol. The van der Waals surface area contributed by atoms with Gasteiger partial charge in [-0.2, -0.15) is 13.2 Å². The van der Waals surface area contributed by atoms with Crippen molar-refractivity contribution in [2.45, 2.75) is 10.4 Å². The zero-order valence-corrected chi connectivity index (χ0v) is 9.13. The van der Waals surface area contributed by atoms with Gasteiger partial charge in [-0.3, -0.25) is 5.84 Å². The number of alkyl halides is 3. The third-order valence-corrected chi connectivity index (χ3v) is 2.61. The van der Waals surface area contributed by atoms with E-state index in [1.54, 1.807) is 6.07 Å². The van der Waals surface area contributed by atoms with E-state index in [9.17, 15) is 13.2 Å². The van der Waals surface area contributed by atoms with E-state index >= 15 is 0 Å². The molecule has 0 atom stereocenters. The molecule has 1 aromatic carbocycles. The predicted octanol–water partition coefficient (Wildman–Crippen LogP) is 3.35. The minimum Gasteiger partial charge on any atom is -0.323 e. The summed E-state index contributed by atoms with van der Waals surface area (Å²) >= 11 is 2.88. The van der Waals surface area contributed by atoms with Gasteiger partial charge in [0.25, 0.3) is 0 Å². The summed E-state index contributed by atoms with van der Waals surface area (Å²) in [4.78, 5) is 0.0365. The largest absolute Gasteiger partial charge is 0.446 e. The molecular weight excluding hydrogens is 281 g/mol.